The first-order chi connectivity index (χ1) is 18.3. The molecule has 0 bridgehead atoms. The van der Waals surface area contributed by atoms with Gasteiger partial charge in [-0.15, -0.1) is 11.8 Å². The highest BCUT2D eigenvalue weighted by Crippen LogP contribution is 2.25. The van der Waals surface area contributed by atoms with Crippen molar-refractivity contribution in [3.05, 3.63) is 110 Å². The van der Waals surface area contributed by atoms with E-state index in [1.54, 1.807) is 35.2 Å². The van der Waals surface area contributed by atoms with Gasteiger partial charge in [-0.25, -0.2) is 0 Å². The van der Waals surface area contributed by atoms with Crippen molar-refractivity contribution in [3.63, 3.8) is 0 Å². The molecule has 0 heterocycles. The van der Waals surface area contributed by atoms with Crippen molar-refractivity contribution >= 4 is 52.5 Å². The fourth-order valence-electron chi connectivity index (χ4n) is 3.81. The van der Waals surface area contributed by atoms with Gasteiger partial charge < -0.3 is 10.2 Å². The van der Waals surface area contributed by atoms with E-state index in [0.29, 0.717) is 34.3 Å². The Balaban J connectivity index is 1.83. The molecule has 38 heavy (non-hydrogen) atoms. The van der Waals surface area contributed by atoms with Gasteiger partial charge in [0.25, 0.3) is 5.69 Å². The summed E-state index contributed by atoms with van der Waals surface area (Å²) in [6, 6.07) is 20.2. The van der Waals surface area contributed by atoms with Crippen LogP contribution in [0, 0.1) is 10.1 Å². The number of carbonyl (C=O) groups is 2. The van der Waals surface area contributed by atoms with Crippen LogP contribution < -0.4 is 5.32 Å². The van der Waals surface area contributed by atoms with E-state index in [0.717, 1.165) is 17.5 Å². The standard InChI is InChI=1S/C28H29Cl2N3O4S/c1-2-14-31-28(35)26(15-20-6-4-3-5-7-20)32(17-22-10-11-23(29)16-25(22)30)27(34)19-38-18-21-8-12-24(13-9-21)33(36)37/h3-13,16,26H,2,14-15,17-19H2,1H3,(H,31,35)/t26-/m0/s1. The molecular formula is C28H29Cl2N3O4S. The first kappa shape index (κ1) is 29.5. The average molecular weight is 575 g/mol. The zero-order valence-corrected chi connectivity index (χ0v) is 23.3. The molecule has 0 aliphatic heterocycles. The third-order valence-electron chi connectivity index (χ3n) is 5.82. The Morgan fingerprint density at radius 2 is 1.74 bits per heavy atom. The molecule has 0 saturated heterocycles. The molecule has 200 valence electrons. The maximum atomic E-state index is 13.6. The first-order valence-electron chi connectivity index (χ1n) is 12.1. The molecular weight excluding hydrogens is 545 g/mol. The fourth-order valence-corrected chi connectivity index (χ4v) is 5.15. The summed E-state index contributed by atoms with van der Waals surface area (Å²) in [4.78, 5) is 39.0. The SMILES string of the molecule is CCCNC(=O)[C@H](Cc1ccccc1)N(Cc1ccc(Cl)cc1Cl)C(=O)CSCc1ccc([N+](=O)[O-])cc1. The third kappa shape index (κ3) is 8.75. The van der Waals surface area contributed by atoms with Crippen LogP contribution in [0.2, 0.25) is 10.0 Å². The third-order valence-corrected chi connectivity index (χ3v) is 7.39. The van der Waals surface area contributed by atoms with Gasteiger partial charge in [-0.05, 0) is 35.2 Å². The average Bonchev–Trinajstić information content (AvgIpc) is 2.91. The predicted octanol–water partition coefficient (Wildman–Crippen LogP) is 6.30. The number of hydrogen-bond donors (Lipinski definition) is 1. The second-order valence-corrected chi connectivity index (χ2v) is 10.5. The summed E-state index contributed by atoms with van der Waals surface area (Å²) in [5, 5.41) is 14.7. The van der Waals surface area contributed by atoms with E-state index in [9.17, 15) is 19.7 Å². The van der Waals surface area contributed by atoms with Gasteiger partial charge in [0, 0.05) is 47.4 Å². The number of nitro groups is 1. The summed E-state index contributed by atoms with van der Waals surface area (Å²) in [5.41, 5.74) is 2.50. The van der Waals surface area contributed by atoms with Crippen LogP contribution in [0.1, 0.15) is 30.0 Å². The summed E-state index contributed by atoms with van der Waals surface area (Å²) in [7, 11) is 0. The zero-order valence-electron chi connectivity index (χ0n) is 20.9. The number of benzene rings is 3. The van der Waals surface area contributed by atoms with Crippen molar-refractivity contribution in [2.24, 2.45) is 0 Å². The molecule has 0 radical (unpaired) electrons. The Kier molecular flexibility index (Phi) is 11.5. The van der Waals surface area contributed by atoms with Gasteiger partial charge in [-0.2, -0.15) is 0 Å². The van der Waals surface area contributed by atoms with E-state index in [2.05, 4.69) is 5.32 Å². The molecule has 0 fully saturated rings. The minimum Gasteiger partial charge on any atom is -0.354 e. The number of thioether (sulfide) groups is 1. The van der Waals surface area contributed by atoms with E-state index in [1.807, 2.05) is 37.3 Å². The molecule has 1 atom stereocenters. The number of nitro benzene ring substituents is 1. The quantitative estimate of drug-likeness (QED) is 0.191. The summed E-state index contributed by atoms with van der Waals surface area (Å²) >= 11 is 13.9. The maximum Gasteiger partial charge on any atom is 0.269 e. The van der Waals surface area contributed by atoms with Gasteiger partial charge in [0.05, 0.1) is 10.7 Å². The van der Waals surface area contributed by atoms with Crippen LogP contribution in [0.25, 0.3) is 0 Å². The Morgan fingerprint density at radius 3 is 2.37 bits per heavy atom. The second kappa shape index (κ2) is 14.8. The molecule has 2 amide bonds. The highest BCUT2D eigenvalue weighted by Gasteiger charge is 2.30. The number of amides is 2. The molecule has 3 rings (SSSR count). The Morgan fingerprint density at radius 1 is 1.03 bits per heavy atom. The highest BCUT2D eigenvalue weighted by atomic mass is 35.5. The van der Waals surface area contributed by atoms with Crippen LogP contribution >= 0.6 is 35.0 Å². The number of carbonyl (C=O) groups excluding carboxylic acids is 2. The molecule has 10 heteroatoms. The lowest BCUT2D eigenvalue weighted by molar-refractivity contribution is -0.384. The summed E-state index contributed by atoms with van der Waals surface area (Å²) in [6.45, 7) is 2.62. The molecule has 0 unspecified atom stereocenters. The number of rotatable bonds is 13. The summed E-state index contributed by atoms with van der Waals surface area (Å²) in [5.74, 6) is 0.171. The number of nitrogens with zero attached hydrogens (tertiary/aromatic N) is 2. The first-order valence-corrected chi connectivity index (χ1v) is 14.1. The van der Waals surface area contributed by atoms with Gasteiger partial charge >= 0.3 is 0 Å². The van der Waals surface area contributed by atoms with E-state index < -0.39 is 11.0 Å². The molecule has 0 saturated carbocycles. The smallest absolute Gasteiger partial charge is 0.269 e. The molecule has 0 aromatic heterocycles. The molecule has 7 nitrogen and oxygen atoms in total. The molecule has 3 aromatic carbocycles. The lowest BCUT2D eigenvalue weighted by Crippen LogP contribution is -2.51. The number of non-ortho nitro benzene ring substituents is 1. The topological polar surface area (TPSA) is 92.6 Å². The number of hydrogen-bond acceptors (Lipinski definition) is 5. The Labute approximate surface area is 236 Å². The van der Waals surface area contributed by atoms with Crippen LogP contribution in [-0.2, 0) is 28.3 Å². The summed E-state index contributed by atoms with van der Waals surface area (Å²) in [6.07, 6.45) is 1.12. The fraction of sp³-hybridized carbons (Fsp3) is 0.286. The minimum absolute atomic E-state index is 0.0164. The van der Waals surface area contributed by atoms with Crippen LogP contribution in [0.4, 0.5) is 5.69 Å². The molecule has 0 aliphatic rings. The number of nitrogens with one attached hydrogen (secondary N) is 1. The van der Waals surface area contributed by atoms with Gasteiger partial charge in [-0.3, -0.25) is 19.7 Å². The second-order valence-electron chi connectivity index (χ2n) is 8.67. The Hall–Kier alpha value is -3.07. The predicted molar refractivity (Wildman–Crippen MR) is 154 cm³/mol. The lowest BCUT2D eigenvalue weighted by atomic mass is 10.0. The van der Waals surface area contributed by atoms with E-state index >= 15 is 0 Å². The zero-order chi connectivity index (χ0) is 27.5. The molecule has 0 aliphatic carbocycles. The van der Waals surface area contributed by atoms with Crippen LogP contribution in [-0.4, -0.2) is 40.0 Å². The lowest BCUT2D eigenvalue weighted by Gasteiger charge is -2.32. The minimum atomic E-state index is -0.747. The van der Waals surface area contributed by atoms with Gasteiger partial charge in [-0.1, -0.05) is 78.7 Å². The van der Waals surface area contributed by atoms with Crippen molar-refractivity contribution in [1.29, 1.82) is 0 Å². The maximum absolute atomic E-state index is 13.6. The molecule has 3 aromatic rings. The van der Waals surface area contributed by atoms with E-state index in [-0.39, 0.29) is 29.8 Å². The normalized spacial score (nSPS) is 11.6. The van der Waals surface area contributed by atoms with Crippen LogP contribution in [0.5, 0.6) is 0 Å². The van der Waals surface area contributed by atoms with E-state index in [1.165, 1.54) is 23.9 Å². The van der Waals surface area contributed by atoms with Crippen molar-refractivity contribution in [2.45, 2.75) is 38.1 Å². The van der Waals surface area contributed by atoms with Gasteiger partial charge in [0.1, 0.15) is 6.04 Å². The monoisotopic (exact) mass is 573 g/mol. The molecule has 0 spiro atoms. The van der Waals surface area contributed by atoms with Crippen LogP contribution in [0.3, 0.4) is 0 Å². The van der Waals surface area contributed by atoms with Gasteiger partial charge in [0.15, 0.2) is 0 Å². The van der Waals surface area contributed by atoms with Crippen molar-refractivity contribution in [2.75, 3.05) is 12.3 Å². The largest absolute Gasteiger partial charge is 0.354 e. The highest BCUT2D eigenvalue weighted by molar-refractivity contribution is 7.99. The van der Waals surface area contributed by atoms with Crippen molar-refractivity contribution in [1.82, 2.24) is 10.2 Å². The van der Waals surface area contributed by atoms with Crippen molar-refractivity contribution < 1.29 is 14.5 Å². The van der Waals surface area contributed by atoms with Crippen molar-refractivity contribution in [3.8, 4) is 0 Å². The summed E-state index contributed by atoms with van der Waals surface area (Å²) < 4.78 is 0. The number of halogens is 2. The van der Waals surface area contributed by atoms with Crippen LogP contribution in [0.15, 0.2) is 72.8 Å². The molecule has 1 N–H and O–H groups in total. The Bertz CT molecular complexity index is 1240. The van der Waals surface area contributed by atoms with Gasteiger partial charge in [0.2, 0.25) is 11.8 Å². The van der Waals surface area contributed by atoms with E-state index in [4.69, 9.17) is 23.2 Å².